The highest BCUT2D eigenvalue weighted by molar-refractivity contribution is 6.07. The number of carbonyl (C=O) groups is 3. The van der Waals surface area contributed by atoms with Crippen molar-refractivity contribution in [3.05, 3.63) is 24.0 Å². The Kier molecular flexibility index (Phi) is 5.39. The molecule has 0 atom stereocenters. The molecule has 1 aromatic rings. The molecule has 0 radical (unpaired) electrons. The molecule has 1 N–H and O–H groups in total. The first kappa shape index (κ1) is 18.2. The van der Waals surface area contributed by atoms with Gasteiger partial charge in [0.1, 0.15) is 5.82 Å². The van der Waals surface area contributed by atoms with Crippen LogP contribution in [0.25, 0.3) is 0 Å². The molecule has 0 aromatic heterocycles. The summed E-state index contributed by atoms with van der Waals surface area (Å²) in [6.07, 6.45) is 2.17. The fraction of sp³-hybridized carbons (Fsp3) is 0.500. The molecule has 140 valence electrons. The van der Waals surface area contributed by atoms with E-state index in [1.54, 1.807) is 6.07 Å². The van der Waals surface area contributed by atoms with Gasteiger partial charge >= 0.3 is 12.0 Å². The Morgan fingerprint density at radius 3 is 2.62 bits per heavy atom. The van der Waals surface area contributed by atoms with Gasteiger partial charge in [0.15, 0.2) is 0 Å². The van der Waals surface area contributed by atoms with E-state index >= 15 is 0 Å². The Balaban J connectivity index is 1.76. The molecule has 7 nitrogen and oxygen atoms in total. The maximum atomic E-state index is 13.9. The Hall–Kier alpha value is -2.64. The quantitative estimate of drug-likeness (QED) is 0.829. The second-order valence-electron chi connectivity index (χ2n) is 6.60. The molecule has 26 heavy (non-hydrogen) atoms. The van der Waals surface area contributed by atoms with Crippen molar-refractivity contribution in [1.82, 2.24) is 5.32 Å². The Bertz CT molecular complexity index is 716. The zero-order valence-electron chi connectivity index (χ0n) is 14.7. The van der Waals surface area contributed by atoms with Gasteiger partial charge in [0.25, 0.3) is 0 Å². The zero-order valence-corrected chi connectivity index (χ0v) is 14.7. The van der Waals surface area contributed by atoms with Gasteiger partial charge in [-0.25, -0.2) is 9.18 Å². The van der Waals surface area contributed by atoms with E-state index in [9.17, 15) is 18.8 Å². The van der Waals surface area contributed by atoms with Crippen molar-refractivity contribution in [1.29, 1.82) is 0 Å². The first-order valence-electron chi connectivity index (χ1n) is 8.70. The van der Waals surface area contributed by atoms with E-state index in [4.69, 9.17) is 4.74 Å². The number of hydrogen-bond acceptors (Lipinski definition) is 5. The van der Waals surface area contributed by atoms with Crippen LogP contribution in [0.5, 0.6) is 0 Å². The van der Waals surface area contributed by atoms with Crippen molar-refractivity contribution >= 4 is 29.3 Å². The van der Waals surface area contributed by atoms with E-state index in [1.165, 1.54) is 24.1 Å². The van der Waals surface area contributed by atoms with Crippen molar-refractivity contribution in [3.63, 3.8) is 0 Å². The van der Waals surface area contributed by atoms with E-state index in [2.05, 4.69) is 5.32 Å². The molecule has 2 aliphatic heterocycles. The number of carbonyl (C=O) groups excluding carboxylic acids is 3. The van der Waals surface area contributed by atoms with Gasteiger partial charge in [-0.05, 0) is 37.0 Å². The maximum Gasteiger partial charge on any atom is 0.328 e. The molecule has 0 aliphatic carbocycles. The van der Waals surface area contributed by atoms with Gasteiger partial charge in [-0.2, -0.15) is 0 Å². The predicted octanol–water partition coefficient (Wildman–Crippen LogP) is 2.05. The van der Waals surface area contributed by atoms with Gasteiger partial charge in [0.05, 0.1) is 18.5 Å². The number of anilines is 2. The third-order valence-electron chi connectivity index (χ3n) is 4.92. The molecule has 0 spiro atoms. The van der Waals surface area contributed by atoms with Crippen LogP contribution < -0.4 is 15.1 Å². The summed E-state index contributed by atoms with van der Waals surface area (Å²) in [6.45, 7) is 1.58. The van der Waals surface area contributed by atoms with E-state index in [1.807, 2.05) is 4.90 Å². The van der Waals surface area contributed by atoms with Crippen molar-refractivity contribution < 1.29 is 23.5 Å². The Labute approximate surface area is 151 Å². The number of halogens is 1. The molecular formula is C18H22FN3O4. The van der Waals surface area contributed by atoms with Gasteiger partial charge in [-0.3, -0.25) is 19.8 Å². The zero-order chi connectivity index (χ0) is 18.7. The van der Waals surface area contributed by atoms with Crippen LogP contribution in [0.1, 0.15) is 25.7 Å². The largest absolute Gasteiger partial charge is 0.469 e. The van der Waals surface area contributed by atoms with E-state index in [0.29, 0.717) is 30.9 Å². The number of nitrogens with zero attached hydrogens (tertiary/aromatic N) is 2. The van der Waals surface area contributed by atoms with Crippen LogP contribution in [0.3, 0.4) is 0 Å². The standard InChI is InChI=1S/C18H22FN3O4/c1-26-17(24)10-12-4-7-21(8-5-12)15-11-13(19)2-3-14(15)22-9-6-16(23)20-18(22)25/h2-3,11-12H,4-10H2,1H3,(H,20,23,25). The van der Waals surface area contributed by atoms with E-state index in [0.717, 1.165) is 12.8 Å². The number of amides is 3. The molecule has 2 aliphatic rings. The van der Waals surface area contributed by atoms with Gasteiger partial charge in [-0.1, -0.05) is 0 Å². The molecule has 2 heterocycles. The number of methoxy groups -OCH3 is 1. The lowest BCUT2D eigenvalue weighted by molar-refractivity contribution is -0.141. The first-order valence-corrected chi connectivity index (χ1v) is 8.70. The number of urea groups is 1. The summed E-state index contributed by atoms with van der Waals surface area (Å²) >= 11 is 0. The van der Waals surface area contributed by atoms with Crippen LogP contribution in [0.2, 0.25) is 0 Å². The molecule has 3 rings (SSSR count). The lowest BCUT2D eigenvalue weighted by atomic mass is 9.93. The third-order valence-corrected chi connectivity index (χ3v) is 4.92. The number of hydrogen-bond donors (Lipinski definition) is 1. The summed E-state index contributed by atoms with van der Waals surface area (Å²) in [4.78, 5) is 38.5. The summed E-state index contributed by atoms with van der Waals surface area (Å²) < 4.78 is 18.6. The Morgan fingerprint density at radius 1 is 1.23 bits per heavy atom. The average molecular weight is 363 g/mol. The number of piperidine rings is 1. The van der Waals surface area contributed by atoms with Crippen LogP contribution in [-0.2, 0) is 14.3 Å². The molecule has 2 fully saturated rings. The second kappa shape index (κ2) is 7.72. The van der Waals surface area contributed by atoms with Crippen molar-refractivity contribution in [2.24, 2.45) is 5.92 Å². The number of benzene rings is 1. The number of esters is 1. The molecule has 0 bridgehead atoms. The molecule has 1 aromatic carbocycles. The number of rotatable bonds is 4. The average Bonchev–Trinajstić information content (AvgIpc) is 2.63. The Morgan fingerprint density at radius 2 is 1.96 bits per heavy atom. The topological polar surface area (TPSA) is 79.0 Å². The molecular weight excluding hydrogens is 341 g/mol. The van der Waals surface area contributed by atoms with E-state index < -0.39 is 6.03 Å². The summed E-state index contributed by atoms with van der Waals surface area (Å²) in [5, 5.41) is 2.29. The first-order chi connectivity index (χ1) is 12.5. The highest BCUT2D eigenvalue weighted by Crippen LogP contribution is 2.34. The SMILES string of the molecule is COC(=O)CC1CCN(c2cc(F)ccc2N2CCC(=O)NC2=O)CC1. The number of imide groups is 1. The van der Waals surface area contributed by atoms with Crippen molar-refractivity contribution in [2.75, 3.05) is 36.5 Å². The van der Waals surface area contributed by atoms with Gasteiger partial charge < -0.3 is 9.64 Å². The van der Waals surface area contributed by atoms with E-state index in [-0.39, 0.29) is 36.6 Å². The normalized spacial score (nSPS) is 18.7. The maximum absolute atomic E-state index is 13.9. The van der Waals surface area contributed by atoms with Crippen molar-refractivity contribution in [3.8, 4) is 0 Å². The smallest absolute Gasteiger partial charge is 0.328 e. The van der Waals surface area contributed by atoms with Crippen LogP contribution >= 0.6 is 0 Å². The van der Waals surface area contributed by atoms with Crippen LogP contribution in [0.15, 0.2) is 18.2 Å². The summed E-state index contributed by atoms with van der Waals surface area (Å²) in [5.74, 6) is -0.663. The lowest BCUT2D eigenvalue weighted by Gasteiger charge is -2.37. The highest BCUT2D eigenvalue weighted by atomic mass is 19.1. The summed E-state index contributed by atoms with van der Waals surface area (Å²) in [7, 11) is 1.38. The molecule has 3 amide bonds. The van der Waals surface area contributed by atoms with Crippen molar-refractivity contribution in [2.45, 2.75) is 25.7 Å². The summed E-state index contributed by atoms with van der Waals surface area (Å²) in [5.41, 5.74) is 1.22. The second-order valence-corrected chi connectivity index (χ2v) is 6.60. The molecule has 0 saturated carbocycles. The number of nitrogens with one attached hydrogen (secondary N) is 1. The fourth-order valence-corrected chi connectivity index (χ4v) is 3.47. The lowest BCUT2D eigenvalue weighted by Crippen LogP contribution is -2.50. The predicted molar refractivity (Wildman–Crippen MR) is 93.5 cm³/mol. The van der Waals surface area contributed by atoms with Crippen LogP contribution in [-0.4, -0.2) is 44.7 Å². The minimum Gasteiger partial charge on any atom is -0.469 e. The monoisotopic (exact) mass is 363 g/mol. The minimum absolute atomic E-state index is 0.212. The molecule has 2 saturated heterocycles. The molecule has 0 unspecified atom stereocenters. The van der Waals surface area contributed by atoms with Gasteiger partial charge in [0, 0.05) is 32.5 Å². The third kappa shape index (κ3) is 3.95. The van der Waals surface area contributed by atoms with Crippen LogP contribution in [0, 0.1) is 11.7 Å². The minimum atomic E-state index is -0.491. The van der Waals surface area contributed by atoms with Gasteiger partial charge in [0.2, 0.25) is 5.91 Å². The fourth-order valence-electron chi connectivity index (χ4n) is 3.47. The van der Waals surface area contributed by atoms with Gasteiger partial charge in [-0.15, -0.1) is 0 Å². The number of ether oxygens (including phenoxy) is 1. The molecule has 8 heteroatoms. The summed E-state index contributed by atoms with van der Waals surface area (Å²) in [6, 6.07) is 3.81. The van der Waals surface area contributed by atoms with Crippen LogP contribution in [0.4, 0.5) is 20.6 Å². The highest BCUT2D eigenvalue weighted by Gasteiger charge is 2.29.